The molecule has 7 heteroatoms. The number of hydrogen-bond acceptors (Lipinski definition) is 5. The van der Waals surface area contributed by atoms with Gasteiger partial charge in [0.25, 0.3) is 0 Å². The monoisotopic (exact) mass is 460 g/mol. The molecule has 3 fully saturated rings. The molecule has 5 rings (SSSR count). The van der Waals surface area contributed by atoms with Crippen molar-refractivity contribution in [3.05, 3.63) is 54.1 Å². The van der Waals surface area contributed by atoms with Crippen molar-refractivity contribution >= 4 is 35.1 Å². The zero-order valence-electron chi connectivity index (χ0n) is 19.4. The molecule has 7 nitrogen and oxygen atoms in total. The van der Waals surface area contributed by atoms with Gasteiger partial charge in [0.1, 0.15) is 5.75 Å². The molecule has 2 aromatic carbocycles. The van der Waals surface area contributed by atoms with Gasteiger partial charge >= 0.3 is 5.97 Å². The highest BCUT2D eigenvalue weighted by atomic mass is 16.5. The molecule has 1 aliphatic carbocycles. The summed E-state index contributed by atoms with van der Waals surface area (Å²) in [6.45, 7) is 4.20. The Labute approximate surface area is 198 Å². The highest BCUT2D eigenvalue weighted by Gasteiger charge is 2.50. The van der Waals surface area contributed by atoms with Gasteiger partial charge in [0.15, 0.2) is 0 Å². The van der Waals surface area contributed by atoms with Crippen LogP contribution in [0.2, 0.25) is 0 Å². The fraction of sp³-hybridized carbons (Fsp3) is 0.407. The van der Waals surface area contributed by atoms with E-state index in [0.717, 1.165) is 24.9 Å². The summed E-state index contributed by atoms with van der Waals surface area (Å²) in [6.07, 6.45) is 2.57. The fourth-order valence-corrected chi connectivity index (χ4v) is 5.49. The SMILES string of the molecule is Cc1cc(OC(=O)[C@@H]2CC(=O)N(c3ccccc3)C2)ccc1N1C(=O)[C@H]2C[C@@H](C)CC[C@H]2C1=O. The average Bonchev–Trinajstić information content (AvgIpc) is 3.32. The van der Waals surface area contributed by atoms with Gasteiger partial charge in [-0.05, 0) is 68.0 Å². The molecule has 4 atom stereocenters. The molecule has 0 unspecified atom stereocenters. The Hall–Kier alpha value is -3.48. The predicted octanol–water partition coefficient (Wildman–Crippen LogP) is 3.88. The first-order valence-electron chi connectivity index (χ1n) is 11.9. The largest absolute Gasteiger partial charge is 0.426 e. The van der Waals surface area contributed by atoms with Crippen molar-refractivity contribution in [2.75, 3.05) is 16.3 Å². The van der Waals surface area contributed by atoms with Crippen LogP contribution in [0, 0.1) is 30.6 Å². The quantitative estimate of drug-likeness (QED) is 0.393. The lowest BCUT2D eigenvalue weighted by atomic mass is 9.76. The number of benzene rings is 2. The first kappa shape index (κ1) is 22.3. The number of rotatable bonds is 4. The van der Waals surface area contributed by atoms with Crippen LogP contribution in [-0.4, -0.2) is 30.2 Å². The summed E-state index contributed by atoms with van der Waals surface area (Å²) in [5.74, 6) is -1.06. The first-order valence-corrected chi connectivity index (χ1v) is 11.9. The molecule has 0 radical (unpaired) electrons. The third-order valence-corrected chi connectivity index (χ3v) is 7.34. The third kappa shape index (κ3) is 3.89. The molecule has 0 aromatic heterocycles. The minimum absolute atomic E-state index is 0.1000. The van der Waals surface area contributed by atoms with Gasteiger partial charge in [-0.3, -0.25) is 19.2 Å². The Morgan fingerprint density at radius 1 is 0.971 bits per heavy atom. The summed E-state index contributed by atoms with van der Waals surface area (Å²) in [7, 11) is 0. The van der Waals surface area contributed by atoms with Gasteiger partial charge < -0.3 is 9.64 Å². The highest BCUT2D eigenvalue weighted by Crippen LogP contribution is 2.43. The minimum atomic E-state index is -0.556. The molecule has 0 N–H and O–H groups in total. The van der Waals surface area contributed by atoms with Crippen molar-refractivity contribution in [3.8, 4) is 5.75 Å². The first-order chi connectivity index (χ1) is 16.3. The Kier molecular flexibility index (Phi) is 5.71. The van der Waals surface area contributed by atoms with Gasteiger partial charge in [-0.2, -0.15) is 0 Å². The molecule has 0 spiro atoms. The number of fused-ring (bicyclic) bond motifs is 1. The van der Waals surface area contributed by atoms with Gasteiger partial charge in [-0.1, -0.05) is 25.1 Å². The van der Waals surface area contributed by atoms with Crippen LogP contribution in [0.3, 0.4) is 0 Å². The number of imide groups is 1. The lowest BCUT2D eigenvalue weighted by Crippen LogP contribution is -2.31. The number of hydrogen-bond donors (Lipinski definition) is 0. The van der Waals surface area contributed by atoms with Gasteiger partial charge in [-0.25, -0.2) is 4.90 Å². The Morgan fingerprint density at radius 3 is 2.44 bits per heavy atom. The maximum atomic E-state index is 13.0. The molecule has 0 bridgehead atoms. The molecule has 3 amide bonds. The number of carbonyl (C=O) groups excluding carboxylic acids is 4. The second-order valence-electron chi connectivity index (χ2n) is 9.75. The molecule has 3 aliphatic rings. The van der Waals surface area contributed by atoms with Crippen molar-refractivity contribution in [1.29, 1.82) is 0 Å². The standard InChI is InChI=1S/C27H28N2O5/c1-16-8-10-21-22(12-16)26(32)29(25(21)31)23-11-9-20(13-17(23)2)34-27(33)18-14-24(30)28(15-18)19-6-4-3-5-7-19/h3-7,9,11,13,16,18,21-22H,8,10,12,14-15H2,1-2H3/t16-,18+,21+,22-/m0/s1. The number of ether oxygens (including phenoxy) is 1. The van der Waals surface area contributed by atoms with Gasteiger partial charge in [0, 0.05) is 18.7 Å². The van der Waals surface area contributed by atoms with E-state index in [2.05, 4.69) is 6.92 Å². The lowest BCUT2D eigenvalue weighted by molar-refractivity contribution is -0.139. The smallest absolute Gasteiger partial charge is 0.316 e. The van der Waals surface area contributed by atoms with Crippen molar-refractivity contribution in [3.63, 3.8) is 0 Å². The van der Waals surface area contributed by atoms with Gasteiger partial charge in [0.05, 0.1) is 23.4 Å². The second kappa shape index (κ2) is 8.70. The van der Waals surface area contributed by atoms with Crippen molar-refractivity contribution in [1.82, 2.24) is 0 Å². The van der Waals surface area contributed by atoms with Gasteiger partial charge in [-0.15, -0.1) is 0 Å². The van der Waals surface area contributed by atoms with Crippen molar-refractivity contribution < 1.29 is 23.9 Å². The molecule has 1 saturated carbocycles. The summed E-state index contributed by atoms with van der Waals surface area (Å²) >= 11 is 0. The normalized spacial score (nSPS) is 26.7. The maximum absolute atomic E-state index is 13.0. The van der Waals surface area contributed by atoms with E-state index in [1.54, 1.807) is 30.0 Å². The summed E-state index contributed by atoms with van der Waals surface area (Å²) in [5.41, 5.74) is 1.99. The van der Waals surface area contributed by atoms with E-state index >= 15 is 0 Å². The Bertz CT molecular complexity index is 1160. The van der Waals surface area contributed by atoms with Crippen LogP contribution in [0.1, 0.15) is 38.2 Å². The second-order valence-corrected chi connectivity index (χ2v) is 9.75. The maximum Gasteiger partial charge on any atom is 0.316 e. The third-order valence-electron chi connectivity index (χ3n) is 7.34. The van der Waals surface area contributed by atoms with Crippen molar-refractivity contribution in [2.24, 2.45) is 23.7 Å². The van der Waals surface area contributed by atoms with E-state index in [9.17, 15) is 19.2 Å². The van der Waals surface area contributed by atoms with Crippen LogP contribution in [0.15, 0.2) is 48.5 Å². The number of anilines is 2. The molecule has 2 aromatic rings. The summed E-state index contributed by atoms with van der Waals surface area (Å²) in [5, 5.41) is 0. The number of nitrogens with zero attached hydrogens (tertiary/aromatic N) is 2. The Balaban J connectivity index is 1.28. The van der Waals surface area contributed by atoms with E-state index in [1.807, 2.05) is 30.3 Å². The molecular weight excluding hydrogens is 432 g/mol. The minimum Gasteiger partial charge on any atom is -0.426 e. The number of aryl methyl sites for hydroxylation is 1. The predicted molar refractivity (Wildman–Crippen MR) is 126 cm³/mol. The van der Waals surface area contributed by atoms with E-state index < -0.39 is 11.9 Å². The number of esters is 1. The number of carbonyl (C=O) groups is 4. The van der Waals surface area contributed by atoms with Gasteiger partial charge in [0.2, 0.25) is 17.7 Å². The van der Waals surface area contributed by atoms with Crippen LogP contribution in [-0.2, 0) is 19.2 Å². The van der Waals surface area contributed by atoms with Crippen LogP contribution in [0.25, 0.3) is 0 Å². The molecule has 2 heterocycles. The summed E-state index contributed by atoms with van der Waals surface area (Å²) in [6, 6.07) is 14.2. The zero-order valence-corrected chi connectivity index (χ0v) is 19.4. The van der Waals surface area contributed by atoms with Crippen LogP contribution < -0.4 is 14.5 Å². The topological polar surface area (TPSA) is 84.0 Å². The molecule has 2 saturated heterocycles. The Morgan fingerprint density at radius 2 is 1.71 bits per heavy atom. The van der Waals surface area contributed by atoms with E-state index in [1.165, 1.54) is 4.90 Å². The molecule has 176 valence electrons. The van der Waals surface area contributed by atoms with Crippen LogP contribution >= 0.6 is 0 Å². The average molecular weight is 461 g/mol. The van der Waals surface area contributed by atoms with Crippen LogP contribution in [0.5, 0.6) is 5.75 Å². The van der Waals surface area contributed by atoms with E-state index in [0.29, 0.717) is 22.9 Å². The zero-order chi connectivity index (χ0) is 24.0. The molecule has 34 heavy (non-hydrogen) atoms. The number of para-hydroxylation sites is 1. The summed E-state index contributed by atoms with van der Waals surface area (Å²) in [4.78, 5) is 54.2. The summed E-state index contributed by atoms with van der Waals surface area (Å²) < 4.78 is 5.59. The fourth-order valence-electron chi connectivity index (χ4n) is 5.49. The lowest BCUT2D eigenvalue weighted by Gasteiger charge is -2.25. The molecule has 2 aliphatic heterocycles. The molecular formula is C27H28N2O5. The van der Waals surface area contributed by atoms with E-state index in [-0.39, 0.29) is 42.5 Å². The highest BCUT2D eigenvalue weighted by molar-refractivity contribution is 6.22. The number of amides is 3. The van der Waals surface area contributed by atoms with E-state index in [4.69, 9.17) is 4.74 Å². The van der Waals surface area contributed by atoms with Crippen LogP contribution in [0.4, 0.5) is 11.4 Å². The van der Waals surface area contributed by atoms with Crippen molar-refractivity contribution in [2.45, 2.75) is 39.5 Å².